The predicted molar refractivity (Wildman–Crippen MR) is 34.1 cm³/mol. The van der Waals surface area contributed by atoms with Crippen LogP contribution >= 0.6 is 9.24 Å². The average molecular weight is 104 g/mol. The van der Waals surface area contributed by atoms with E-state index in [4.69, 9.17) is 0 Å². The van der Waals surface area contributed by atoms with Gasteiger partial charge in [-0.05, 0) is 12.1 Å². The van der Waals surface area contributed by atoms with Crippen molar-refractivity contribution in [3.05, 3.63) is 0 Å². The lowest BCUT2D eigenvalue weighted by molar-refractivity contribution is 0.788. The fourth-order valence-electron chi connectivity index (χ4n) is 0.455. The Morgan fingerprint density at radius 3 is 2.17 bits per heavy atom. The van der Waals surface area contributed by atoms with Gasteiger partial charge >= 0.3 is 0 Å². The molecule has 0 aromatic heterocycles. The summed E-state index contributed by atoms with van der Waals surface area (Å²) in [7, 11) is 2.78. The van der Waals surface area contributed by atoms with Crippen LogP contribution in [-0.2, 0) is 0 Å². The fraction of sp³-hybridized carbons (Fsp3) is 1.00. The lowest BCUT2D eigenvalue weighted by Crippen LogP contribution is -1.84. The molecule has 2 atom stereocenters. The molecule has 0 aliphatic carbocycles. The highest BCUT2D eigenvalue weighted by Gasteiger charge is 1.85. The summed E-state index contributed by atoms with van der Waals surface area (Å²) < 4.78 is 0. The van der Waals surface area contributed by atoms with Crippen molar-refractivity contribution in [3.63, 3.8) is 0 Å². The molecular formula is C5H13P. The molecule has 0 bridgehead atoms. The van der Waals surface area contributed by atoms with Gasteiger partial charge in [-0.25, -0.2) is 0 Å². The molecule has 0 amide bonds. The van der Waals surface area contributed by atoms with Crippen LogP contribution in [-0.4, -0.2) is 5.66 Å². The van der Waals surface area contributed by atoms with Gasteiger partial charge in [0, 0.05) is 0 Å². The van der Waals surface area contributed by atoms with Crippen LogP contribution in [0.3, 0.4) is 0 Å². The molecule has 6 heavy (non-hydrogen) atoms. The summed E-state index contributed by atoms with van der Waals surface area (Å²) in [6.07, 6.45) is 2.65. The Bertz CT molecular complexity index is 25.1. The summed E-state index contributed by atoms with van der Waals surface area (Å²) in [4.78, 5) is 0. The van der Waals surface area contributed by atoms with Gasteiger partial charge in [0.1, 0.15) is 0 Å². The first kappa shape index (κ1) is 6.43. The number of rotatable bonds is 2. The van der Waals surface area contributed by atoms with Crippen LogP contribution in [0.5, 0.6) is 0 Å². The Labute approximate surface area is 42.5 Å². The van der Waals surface area contributed by atoms with Crippen LogP contribution in [0.4, 0.5) is 0 Å². The predicted octanol–water partition coefficient (Wildman–Crippen LogP) is 2.05. The summed E-state index contributed by atoms with van der Waals surface area (Å²) in [5, 5.41) is 0. The highest BCUT2D eigenvalue weighted by atomic mass is 31.0. The molecule has 0 spiro atoms. The van der Waals surface area contributed by atoms with Crippen LogP contribution < -0.4 is 0 Å². The van der Waals surface area contributed by atoms with Crippen LogP contribution in [0, 0.1) is 0 Å². The van der Waals surface area contributed by atoms with Gasteiger partial charge in [0.15, 0.2) is 0 Å². The first-order valence-electron chi connectivity index (χ1n) is 2.53. The molecule has 0 heterocycles. The van der Waals surface area contributed by atoms with E-state index in [1.54, 1.807) is 0 Å². The standard InChI is InChI=1S/C5H13P/c1-3-4-5(2)6/h5H,3-4,6H2,1-2H3/t5-/m0/s1. The third-order valence-corrected chi connectivity index (χ3v) is 1.08. The fourth-order valence-corrected chi connectivity index (χ4v) is 0.789. The van der Waals surface area contributed by atoms with Crippen LogP contribution in [0.2, 0.25) is 0 Å². The molecule has 0 aliphatic rings. The van der Waals surface area contributed by atoms with Crippen molar-refractivity contribution in [1.29, 1.82) is 0 Å². The molecule has 0 aliphatic heterocycles. The van der Waals surface area contributed by atoms with E-state index in [0.29, 0.717) is 0 Å². The Hall–Kier alpha value is 0.430. The van der Waals surface area contributed by atoms with Gasteiger partial charge < -0.3 is 0 Å². The van der Waals surface area contributed by atoms with Gasteiger partial charge in [-0.15, -0.1) is 9.24 Å². The van der Waals surface area contributed by atoms with Gasteiger partial charge in [0.05, 0.1) is 0 Å². The molecular weight excluding hydrogens is 91.0 g/mol. The van der Waals surface area contributed by atoms with E-state index in [1.807, 2.05) is 0 Å². The lowest BCUT2D eigenvalue weighted by atomic mass is 10.3. The first-order valence-corrected chi connectivity index (χ1v) is 3.19. The second kappa shape index (κ2) is 3.61. The van der Waals surface area contributed by atoms with Crippen LogP contribution in [0.15, 0.2) is 0 Å². The summed E-state index contributed by atoms with van der Waals surface area (Å²) in [5.41, 5.74) is 0.815. The van der Waals surface area contributed by atoms with E-state index in [2.05, 4.69) is 23.1 Å². The molecule has 0 radical (unpaired) electrons. The molecule has 0 saturated heterocycles. The lowest BCUT2D eigenvalue weighted by Gasteiger charge is -1.95. The largest absolute Gasteiger partial charge is 0.135 e. The zero-order valence-electron chi connectivity index (χ0n) is 4.57. The monoisotopic (exact) mass is 104 g/mol. The van der Waals surface area contributed by atoms with Gasteiger partial charge in [0.25, 0.3) is 0 Å². The van der Waals surface area contributed by atoms with Crippen LogP contribution in [0.1, 0.15) is 26.7 Å². The normalized spacial score (nSPS) is 14.5. The van der Waals surface area contributed by atoms with Crippen LogP contribution in [0.25, 0.3) is 0 Å². The number of hydrogen-bond acceptors (Lipinski definition) is 0. The van der Waals surface area contributed by atoms with E-state index in [1.165, 1.54) is 12.8 Å². The van der Waals surface area contributed by atoms with E-state index in [9.17, 15) is 0 Å². The Morgan fingerprint density at radius 2 is 2.17 bits per heavy atom. The zero-order chi connectivity index (χ0) is 4.99. The zero-order valence-corrected chi connectivity index (χ0v) is 5.72. The highest BCUT2D eigenvalue weighted by Crippen LogP contribution is 2.04. The third-order valence-electron chi connectivity index (χ3n) is 0.744. The second-order valence-corrected chi connectivity index (χ2v) is 2.90. The summed E-state index contributed by atoms with van der Waals surface area (Å²) in [6, 6.07) is 0. The third kappa shape index (κ3) is 4.43. The molecule has 0 aromatic carbocycles. The van der Waals surface area contributed by atoms with E-state index < -0.39 is 0 Å². The summed E-state index contributed by atoms with van der Waals surface area (Å²) >= 11 is 0. The topological polar surface area (TPSA) is 0 Å². The summed E-state index contributed by atoms with van der Waals surface area (Å²) in [5.74, 6) is 0. The maximum Gasteiger partial charge on any atom is -0.0293 e. The molecule has 0 N–H and O–H groups in total. The quantitative estimate of drug-likeness (QED) is 0.470. The van der Waals surface area contributed by atoms with Crippen molar-refractivity contribution in [1.82, 2.24) is 0 Å². The molecule has 0 nitrogen and oxygen atoms in total. The molecule has 0 saturated carbocycles. The van der Waals surface area contributed by atoms with E-state index in [0.717, 1.165) is 5.66 Å². The average Bonchev–Trinajstić information content (AvgIpc) is 1.35. The maximum atomic E-state index is 2.78. The van der Waals surface area contributed by atoms with Gasteiger partial charge in [-0.1, -0.05) is 20.3 Å². The van der Waals surface area contributed by atoms with Gasteiger partial charge in [-0.3, -0.25) is 0 Å². The van der Waals surface area contributed by atoms with Crippen molar-refractivity contribution >= 4 is 9.24 Å². The molecule has 38 valence electrons. The maximum absolute atomic E-state index is 2.78. The first-order chi connectivity index (χ1) is 2.77. The van der Waals surface area contributed by atoms with Crippen molar-refractivity contribution in [2.75, 3.05) is 0 Å². The molecule has 0 rings (SSSR count). The van der Waals surface area contributed by atoms with Crippen molar-refractivity contribution in [3.8, 4) is 0 Å². The molecule has 1 heteroatoms. The number of hydrogen-bond donors (Lipinski definition) is 0. The molecule has 1 unspecified atom stereocenters. The molecule has 0 aromatic rings. The van der Waals surface area contributed by atoms with Crippen molar-refractivity contribution in [2.45, 2.75) is 32.3 Å². The van der Waals surface area contributed by atoms with E-state index >= 15 is 0 Å². The highest BCUT2D eigenvalue weighted by molar-refractivity contribution is 7.17. The minimum absolute atomic E-state index is 0.815. The minimum atomic E-state index is 0.815. The van der Waals surface area contributed by atoms with E-state index in [-0.39, 0.29) is 0 Å². The molecule has 0 fully saturated rings. The Morgan fingerprint density at radius 1 is 1.67 bits per heavy atom. The SMILES string of the molecule is CCC[C@H](C)P. The van der Waals surface area contributed by atoms with Gasteiger partial charge in [-0.2, -0.15) is 0 Å². The Balaban J connectivity index is 2.63. The second-order valence-electron chi connectivity index (χ2n) is 1.77. The Kier molecular flexibility index (Phi) is 3.87. The summed E-state index contributed by atoms with van der Waals surface area (Å²) in [6.45, 7) is 4.43. The van der Waals surface area contributed by atoms with Gasteiger partial charge in [0.2, 0.25) is 0 Å². The van der Waals surface area contributed by atoms with Crippen molar-refractivity contribution < 1.29 is 0 Å². The minimum Gasteiger partial charge on any atom is -0.135 e. The smallest absolute Gasteiger partial charge is 0.0293 e. The van der Waals surface area contributed by atoms with Crippen molar-refractivity contribution in [2.24, 2.45) is 0 Å².